The van der Waals surface area contributed by atoms with E-state index in [0.29, 0.717) is 25.1 Å². The van der Waals surface area contributed by atoms with Gasteiger partial charge in [0.25, 0.3) is 0 Å². The van der Waals surface area contributed by atoms with Crippen LogP contribution in [0, 0.1) is 5.41 Å². The molecule has 0 saturated carbocycles. The van der Waals surface area contributed by atoms with E-state index in [1.807, 2.05) is 0 Å². The summed E-state index contributed by atoms with van der Waals surface area (Å²) in [6.07, 6.45) is 2.89. The Morgan fingerprint density at radius 2 is 1.83 bits per heavy atom. The van der Waals surface area contributed by atoms with Crippen molar-refractivity contribution < 1.29 is 19.1 Å². The van der Waals surface area contributed by atoms with Crippen molar-refractivity contribution in [2.45, 2.75) is 45.2 Å². The number of hydrogen-bond acceptors (Lipinski definition) is 6. The molecule has 2 amide bonds. The molecule has 1 aromatic rings. The monoisotopic (exact) mass is 405 g/mol. The Morgan fingerprint density at radius 3 is 2.45 bits per heavy atom. The zero-order valence-electron chi connectivity index (χ0n) is 17.0. The minimum Gasteiger partial charge on any atom is -0.469 e. The van der Waals surface area contributed by atoms with Crippen LogP contribution in [0.5, 0.6) is 0 Å². The average molecular weight is 405 g/mol. The van der Waals surface area contributed by atoms with Gasteiger partial charge in [-0.2, -0.15) is 0 Å². The fourth-order valence-corrected chi connectivity index (χ4v) is 2.50. The van der Waals surface area contributed by atoms with Crippen LogP contribution in [0.15, 0.2) is 24.3 Å². The number of nitrogen functional groups attached to an aromatic ring is 1. The molecule has 0 aliphatic carbocycles. The van der Waals surface area contributed by atoms with Crippen molar-refractivity contribution in [3.63, 3.8) is 0 Å². The van der Waals surface area contributed by atoms with Gasteiger partial charge in [-0.15, -0.1) is 0 Å². The van der Waals surface area contributed by atoms with Gasteiger partial charge in [0.1, 0.15) is 11.9 Å². The molecule has 0 radical (unpaired) electrons. The normalized spacial score (nSPS) is 11.4. The van der Waals surface area contributed by atoms with Crippen LogP contribution in [0.25, 0.3) is 0 Å². The molecule has 9 nitrogen and oxygen atoms in total. The van der Waals surface area contributed by atoms with Crippen molar-refractivity contribution in [3.05, 3.63) is 35.4 Å². The molecule has 0 aliphatic rings. The third-order valence-electron chi connectivity index (χ3n) is 4.25. The number of methoxy groups -OCH3 is 1. The summed E-state index contributed by atoms with van der Waals surface area (Å²) in [4.78, 5) is 35.0. The van der Waals surface area contributed by atoms with Gasteiger partial charge >= 0.3 is 5.97 Å². The van der Waals surface area contributed by atoms with Crippen molar-refractivity contribution in [1.82, 2.24) is 16.0 Å². The van der Waals surface area contributed by atoms with Crippen LogP contribution in [0.1, 0.15) is 43.7 Å². The molecule has 160 valence electrons. The number of hydrogen-bond donors (Lipinski definition) is 5. The maximum absolute atomic E-state index is 12.1. The Balaban J connectivity index is 2.17. The standard InChI is InChI=1S/C20H31N5O4/c1-14(20(28)24-12-15-7-9-16(10-8-15)19(21)22)25-17(26)13-23-11-5-3-4-6-18(27)29-2/h7-10,14,23H,3-6,11-13H2,1-2H3,(H3,21,22)(H,24,28)(H,25,26). The summed E-state index contributed by atoms with van der Waals surface area (Å²) in [6, 6.07) is 6.36. The number of carbonyl (C=O) groups excluding carboxylic acids is 3. The van der Waals surface area contributed by atoms with Gasteiger partial charge in [-0.25, -0.2) is 0 Å². The smallest absolute Gasteiger partial charge is 0.305 e. The van der Waals surface area contributed by atoms with E-state index in [0.717, 1.165) is 24.8 Å². The summed E-state index contributed by atoms with van der Waals surface area (Å²) in [5.41, 5.74) is 6.90. The van der Waals surface area contributed by atoms with Gasteiger partial charge in [-0.3, -0.25) is 19.8 Å². The average Bonchev–Trinajstić information content (AvgIpc) is 2.71. The van der Waals surface area contributed by atoms with Crippen LogP contribution in [-0.4, -0.2) is 49.9 Å². The molecule has 6 N–H and O–H groups in total. The van der Waals surface area contributed by atoms with Crippen LogP contribution in [0.4, 0.5) is 0 Å². The summed E-state index contributed by atoms with van der Waals surface area (Å²) in [5, 5.41) is 15.8. The first-order valence-corrected chi connectivity index (χ1v) is 9.61. The molecule has 0 spiro atoms. The molecule has 9 heteroatoms. The van der Waals surface area contributed by atoms with E-state index < -0.39 is 6.04 Å². The number of amides is 2. The molecular weight excluding hydrogens is 374 g/mol. The van der Waals surface area contributed by atoms with E-state index in [-0.39, 0.29) is 30.2 Å². The van der Waals surface area contributed by atoms with E-state index in [9.17, 15) is 14.4 Å². The van der Waals surface area contributed by atoms with Crippen molar-refractivity contribution in [2.24, 2.45) is 5.73 Å². The van der Waals surface area contributed by atoms with Crippen molar-refractivity contribution >= 4 is 23.6 Å². The van der Waals surface area contributed by atoms with Gasteiger partial charge in [0.2, 0.25) is 11.8 Å². The lowest BCUT2D eigenvalue weighted by Gasteiger charge is -2.14. The maximum Gasteiger partial charge on any atom is 0.305 e. The lowest BCUT2D eigenvalue weighted by Crippen LogP contribution is -2.47. The second-order valence-electron chi connectivity index (χ2n) is 6.68. The summed E-state index contributed by atoms with van der Waals surface area (Å²) >= 11 is 0. The Bertz CT molecular complexity index is 691. The number of carbonyl (C=O) groups is 3. The first-order valence-electron chi connectivity index (χ1n) is 9.61. The van der Waals surface area contributed by atoms with Gasteiger partial charge in [0, 0.05) is 18.5 Å². The molecule has 0 fully saturated rings. The Morgan fingerprint density at radius 1 is 1.14 bits per heavy atom. The molecule has 1 unspecified atom stereocenters. The number of nitrogens with two attached hydrogens (primary N) is 1. The number of benzene rings is 1. The molecule has 0 bridgehead atoms. The minimum atomic E-state index is -0.652. The van der Waals surface area contributed by atoms with Gasteiger partial charge in [-0.1, -0.05) is 30.7 Å². The summed E-state index contributed by atoms with van der Waals surface area (Å²) < 4.78 is 4.57. The second kappa shape index (κ2) is 13.3. The lowest BCUT2D eigenvalue weighted by molar-refractivity contribution is -0.140. The lowest BCUT2D eigenvalue weighted by atomic mass is 10.1. The number of rotatable bonds is 13. The topological polar surface area (TPSA) is 146 Å². The summed E-state index contributed by atoms with van der Waals surface area (Å²) in [5.74, 6) is -0.755. The van der Waals surface area contributed by atoms with Gasteiger partial charge in [-0.05, 0) is 31.9 Å². The van der Waals surface area contributed by atoms with Crippen LogP contribution in [-0.2, 0) is 25.7 Å². The van der Waals surface area contributed by atoms with E-state index >= 15 is 0 Å². The Labute approximate surface area is 171 Å². The molecule has 29 heavy (non-hydrogen) atoms. The van der Waals surface area contributed by atoms with Gasteiger partial charge in [0.05, 0.1) is 13.7 Å². The first kappa shape index (κ1) is 24.1. The molecular formula is C20H31N5O4. The van der Waals surface area contributed by atoms with Crippen molar-refractivity contribution in [2.75, 3.05) is 20.2 Å². The number of ether oxygens (including phenoxy) is 1. The molecule has 0 aromatic heterocycles. The highest BCUT2D eigenvalue weighted by Crippen LogP contribution is 2.03. The zero-order chi connectivity index (χ0) is 21.6. The van der Waals surface area contributed by atoms with Crippen LogP contribution in [0.3, 0.4) is 0 Å². The molecule has 1 aromatic carbocycles. The van der Waals surface area contributed by atoms with Gasteiger partial charge < -0.3 is 26.4 Å². The fourth-order valence-electron chi connectivity index (χ4n) is 2.50. The number of nitrogens with one attached hydrogen (secondary N) is 4. The minimum absolute atomic E-state index is 0.00766. The third-order valence-corrected chi connectivity index (χ3v) is 4.25. The third kappa shape index (κ3) is 10.2. The molecule has 0 aliphatic heterocycles. The largest absolute Gasteiger partial charge is 0.469 e. The summed E-state index contributed by atoms with van der Waals surface area (Å²) in [7, 11) is 1.37. The Kier molecular flexibility index (Phi) is 11.0. The van der Waals surface area contributed by atoms with Gasteiger partial charge in [0.15, 0.2) is 0 Å². The summed E-state index contributed by atoms with van der Waals surface area (Å²) in [6.45, 7) is 2.73. The van der Waals surface area contributed by atoms with Crippen molar-refractivity contribution in [3.8, 4) is 0 Å². The number of amidine groups is 1. The zero-order valence-corrected chi connectivity index (χ0v) is 17.0. The molecule has 0 saturated heterocycles. The fraction of sp³-hybridized carbons (Fsp3) is 0.500. The Hall–Kier alpha value is -2.94. The van der Waals surface area contributed by atoms with E-state index in [4.69, 9.17) is 11.1 Å². The van der Waals surface area contributed by atoms with E-state index in [2.05, 4.69) is 20.7 Å². The van der Waals surface area contributed by atoms with Crippen LogP contribution in [0.2, 0.25) is 0 Å². The molecule has 1 rings (SSSR count). The van der Waals surface area contributed by atoms with Crippen LogP contribution < -0.4 is 21.7 Å². The van der Waals surface area contributed by atoms with E-state index in [1.165, 1.54) is 7.11 Å². The molecule has 1 atom stereocenters. The van der Waals surface area contributed by atoms with Crippen molar-refractivity contribution in [1.29, 1.82) is 5.41 Å². The maximum atomic E-state index is 12.1. The second-order valence-corrected chi connectivity index (χ2v) is 6.68. The molecule has 0 heterocycles. The number of esters is 1. The predicted molar refractivity (Wildman–Crippen MR) is 110 cm³/mol. The SMILES string of the molecule is COC(=O)CCCCCNCC(=O)NC(C)C(=O)NCc1ccc(C(=N)N)cc1. The highest BCUT2D eigenvalue weighted by atomic mass is 16.5. The quantitative estimate of drug-likeness (QED) is 0.139. The van der Waals surface area contributed by atoms with E-state index in [1.54, 1.807) is 31.2 Å². The van der Waals surface area contributed by atoms with Crippen LogP contribution >= 0.6 is 0 Å². The highest BCUT2D eigenvalue weighted by Gasteiger charge is 2.15. The predicted octanol–water partition coefficient (Wildman–Crippen LogP) is 0.415. The first-order chi connectivity index (χ1) is 13.8. The number of unbranched alkanes of at least 4 members (excludes halogenated alkanes) is 2. The highest BCUT2D eigenvalue weighted by molar-refractivity contribution is 5.94.